The van der Waals surface area contributed by atoms with Crippen molar-refractivity contribution in [1.82, 2.24) is 0 Å². The molecule has 2 rings (SSSR count). The Labute approximate surface area is 127 Å². The van der Waals surface area contributed by atoms with E-state index in [4.69, 9.17) is 16.3 Å². The third kappa shape index (κ3) is 3.06. The molecule has 0 amide bonds. The zero-order valence-corrected chi connectivity index (χ0v) is 13.1. The Bertz CT molecular complexity index is 573. The fraction of sp³-hybridized carbons (Fsp3) is 0.0769. The Morgan fingerprint density at radius 3 is 2.61 bits per heavy atom. The number of benzene rings is 2. The van der Waals surface area contributed by atoms with Gasteiger partial charge in [0.15, 0.2) is 5.75 Å². The fourth-order valence-electron chi connectivity index (χ4n) is 1.46. The van der Waals surface area contributed by atoms with Gasteiger partial charge in [0, 0.05) is 10.0 Å². The van der Waals surface area contributed by atoms with Crippen LogP contribution in [-0.4, -0.2) is 5.11 Å². The molecule has 0 unspecified atom stereocenters. The van der Waals surface area contributed by atoms with Crippen molar-refractivity contribution in [3.05, 3.63) is 55.9 Å². The molecule has 5 heteroatoms. The Hall–Kier alpha value is -0.550. The van der Waals surface area contributed by atoms with E-state index in [1.807, 2.05) is 18.2 Å². The topological polar surface area (TPSA) is 29.5 Å². The first-order valence-electron chi connectivity index (χ1n) is 5.13. The minimum atomic E-state index is -0.121. The zero-order chi connectivity index (χ0) is 13.1. The number of para-hydroxylation sites is 1. The van der Waals surface area contributed by atoms with Crippen molar-refractivity contribution in [3.8, 4) is 11.5 Å². The van der Waals surface area contributed by atoms with Gasteiger partial charge in [-0.15, -0.1) is 0 Å². The lowest BCUT2D eigenvalue weighted by Gasteiger charge is -2.12. The van der Waals surface area contributed by atoms with Gasteiger partial charge in [-0.05, 0) is 40.2 Å². The van der Waals surface area contributed by atoms with E-state index in [9.17, 15) is 5.11 Å². The monoisotopic (exact) mass is 390 g/mol. The summed E-state index contributed by atoms with van der Waals surface area (Å²) in [6.45, 7) is -0.121. The highest BCUT2D eigenvalue weighted by atomic mass is 79.9. The third-order valence-electron chi connectivity index (χ3n) is 2.32. The molecule has 0 bridgehead atoms. The first-order chi connectivity index (χ1) is 8.61. The van der Waals surface area contributed by atoms with Gasteiger partial charge in [-0.25, -0.2) is 0 Å². The van der Waals surface area contributed by atoms with Crippen molar-refractivity contribution in [2.45, 2.75) is 6.61 Å². The standard InChI is InChI=1S/C13H9Br2ClO2/c14-9-4-5-12(10(15)6-9)18-13-8(7-17)2-1-3-11(13)16/h1-6,17H,7H2. The normalized spacial score (nSPS) is 10.4. The van der Waals surface area contributed by atoms with Crippen LogP contribution in [0.1, 0.15) is 5.56 Å². The first-order valence-corrected chi connectivity index (χ1v) is 7.09. The number of rotatable bonds is 3. The summed E-state index contributed by atoms with van der Waals surface area (Å²) >= 11 is 12.9. The third-order valence-corrected chi connectivity index (χ3v) is 3.74. The molecule has 0 fully saturated rings. The van der Waals surface area contributed by atoms with Crippen molar-refractivity contribution in [1.29, 1.82) is 0 Å². The van der Waals surface area contributed by atoms with Crippen LogP contribution in [0.3, 0.4) is 0 Å². The molecular formula is C13H9Br2ClO2. The summed E-state index contributed by atoms with van der Waals surface area (Å²) in [7, 11) is 0. The van der Waals surface area contributed by atoms with Crippen molar-refractivity contribution < 1.29 is 9.84 Å². The molecule has 0 aliphatic carbocycles. The van der Waals surface area contributed by atoms with Gasteiger partial charge in [0.2, 0.25) is 0 Å². The van der Waals surface area contributed by atoms with Crippen LogP contribution in [-0.2, 0) is 6.61 Å². The summed E-state index contributed by atoms with van der Waals surface area (Å²) in [5, 5.41) is 9.75. The Morgan fingerprint density at radius 2 is 1.94 bits per heavy atom. The lowest BCUT2D eigenvalue weighted by atomic mass is 10.2. The molecule has 0 atom stereocenters. The average Bonchev–Trinajstić information content (AvgIpc) is 2.34. The molecule has 0 spiro atoms. The van der Waals surface area contributed by atoms with Crippen LogP contribution in [0.4, 0.5) is 0 Å². The maximum Gasteiger partial charge on any atom is 0.151 e. The second-order valence-electron chi connectivity index (χ2n) is 3.56. The van der Waals surface area contributed by atoms with E-state index in [1.54, 1.807) is 18.2 Å². The van der Waals surface area contributed by atoms with Gasteiger partial charge in [0.1, 0.15) is 5.75 Å². The Morgan fingerprint density at radius 1 is 1.17 bits per heavy atom. The molecule has 2 nitrogen and oxygen atoms in total. The molecule has 18 heavy (non-hydrogen) atoms. The molecule has 0 aliphatic heterocycles. The van der Waals surface area contributed by atoms with Crippen LogP contribution in [0.5, 0.6) is 11.5 Å². The van der Waals surface area contributed by atoms with Crippen LogP contribution in [0.25, 0.3) is 0 Å². The van der Waals surface area contributed by atoms with Gasteiger partial charge in [-0.2, -0.15) is 0 Å². The van der Waals surface area contributed by atoms with Gasteiger partial charge in [0.05, 0.1) is 16.1 Å². The maximum atomic E-state index is 9.28. The van der Waals surface area contributed by atoms with Crippen LogP contribution in [0, 0.1) is 0 Å². The molecule has 2 aromatic rings. The van der Waals surface area contributed by atoms with Crippen molar-refractivity contribution in [3.63, 3.8) is 0 Å². The number of hydrogen-bond donors (Lipinski definition) is 1. The Balaban J connectivity index is 2.39. The van der Waals surface area contributed by atoms with E-state index in [0.717, 1.165) is 8.95 Å². The zero-order valence-electron chi connectivity index (χ0n) is 9.16. The van der Waals surface area contributed by atoms with E-state index in [2.05, 4.69) is 31.9 Å². The van der Waals surface area contributed by atoms with E-state index >= 15 is 0 Å². The van der Waals surface area contributed by atoms with Crippen molar-refractivity contribution >= 4 is 43.5 Å². The SMILES string of the molecule is OCc1cccc(Cl)c1Oc1ccc(Br)cc1Br. The number of ether oxygens (including phenoxy) is 1. The fourth-order valence-corrected chi connectivity index (χ4v) is 2.82. The summed E-state index contributed by atoms with van der Waals surface area (Å²) in [4.78, 5) is 0. The van der Waals surface area contributed by atoms with Gasteiger partial charge in [-0.1, -0.05) is 39.7 Å². The molecule has 0 saturated heterocycles. The van der Waals surface area contributed by atoms with E-state index < -0.39 is 0 Å². The minimum absolute atomic E-state index is 0.121. The Kier molecular flexibility index (Phi) is 4.67. The predicted molar refractivity (Wildman–Crippen MR) is 79.3 cm³/mol. The summed E-state index contributed by atoms with van der Waals surface area (Å²) < 4.78 is 7.51. The summed E-state index contributed by atoms with van der Waals surface area (Å²) in [5.74, 6) is 1.12. The van der Waals surface area contributed by atoms with E-state index in [0.29, 0.717) is 22.1 Å². The van der Waals surface area contributed by atoms with Gasteiger partial charge in [-0.3, -0.25) is 0 Å². The second kappa shape index (κ2) is 6.06. The van der Waals surface area contributed by atoms with Gasteiger partial charge < -0.3 is 9.84 Å². The summed E-state index contributed by atoms with van der Waals surface area (Å²) in [5.41, 5.74) is 0.650. The van der Waals surface area contributed by atoms with Crippen LogP contribution >= 0.6 is 43.5 Å². The molecule has 0 radical (unpaired) electrons. The highest BCUT2D eigenvalue weighted by molar-refractivity contribution is 9.11. The largest absolute Gasteiger partial charge is 0.454 e. The van der Waals surface area contributed by atoms with Gasteiger partial charge >= 0.3 is 0 Å². The smallest absolute Gasteiger partial charge is 0.151 e. The van der Waals surface area contributed by atoms with Crippen molar-refractivity contribution in [2.75, 3.05) is 0 Å². The van der Waals surface area contributed by atoms with E-state index in [1.165, 1.54) is 0 Å². The van der Waals surface area contributed by atoms with Crippen LogP contribution in [0.15, 0.2) is 45.3 Å². The van der Waals surface area contributed by atoms with Crippen LogP contribution < -0.4 is 4.74 Å². The molecular weight excluding hydrogens is 383 g/mol. The predicted octanol–water partition coefficient (Wildman–Crippen LogP) is 5.15. The summed E-state index contributed by atoms with van der Waals surface area (Å²) in [6, 6.07) is 10.8. The van der Waals surface area contributed by atoms with Crippen LogP contribution in [0.2, 0.25) is 5.02 Å². The summed E-state index contributed by atoms with van der Waals surface area (Å²) in [6.07, 6.45) is 0. The highest BCUT2D eigenvalue weighted by Crippen LogP contribution is 2.37. The van der Waals surface area contributed by atoms with Crippen molar-refractivity contribution in [2.24, 2.45) is 0 Å². The maximum absolute atomic E-state index is 9.28. The molecule has 0 saturated carbocycles. The lowest BCUT2D eigenvalue weighted by molar-refractivity contribution is 0.276. The second-order valence-corrected chi connectivity index (χ2v) is 5.74. The van der Waals surface area contributed by atoms with E-state index in [-0.39, 0.29) is 6.61 Å². The number of halogens is 3. The molecule has 0 heterocycles. The molecule has 0 aromatic heterocycles. The van der Waals surface area contributed by atoms with Gasteiger partial charge in [0.25, 0.3) is 0 Å². The number of aliphatic hydroxyl groups is 1. The number of hydrogen-bond acceptors (Lipinski definition) is 2. The first kappa shape index (κ1) is 13.9. The lowest BCUT2D eigenvalue weighted by Crippen LogP contribution is -1.93. The molecule has 2 aromatic carbocycles. The molecule has 1 N–H and O–H groups in total. The average molecular weight is 392 g/mol. The number of aliphatic hydroxyl groups excluding tert-OH is 1. The molecule has 0 aliphatic rings. The minimum Gasteiger partial charge on any atom is -0.454 e. The highest BCUT2D eigenvalue weighted by Gasteiger charge is 2.11. The molecule has 94 valence electrons. The quantitative estimate of drug-likeness (QED) is 0.783.